The zero-order chi connectivity index (χ0) is 25.2. The molecular weight excluding hydrogens is 444 g/mol. The molecule has 1 aliphatic carbocycles. The normalized spacial score (nSPS) is 19.2. The summed E-state index contributed by atoms with van der Waals surface area (Å²) >= 11 is 0. The Bertz CT molecular complexity index is 863. The van der Waals surface area contributed by atoms with Crippen molar-refractivity contribution in [2.45, 2.75) is 89.6 Å². The standard InChI is InChI=1S/C28H42O5Si/c1-28(2,3)34(4,5)33-24(21-32-23-13-9-8-10-14-23)19-17-22-18-20-26(29)25(22)15-11-6-7-12-16-27(30)31/h6,8-10,12-14,18,24-26,29H,11,15-17,19-21H2,1-5H3,(H,30,31)/t7?,24-,25-,26+/m1/s1. The van der Waals surface area contributed by atoms with E-state index in [-0.39, 0.29) is 29.6 Å². The Morgan fingerprint density at radius 2 is 1.94 bits per heavy atom. The summed E-state index contributed by atoms with van der Waals surface area (Å²) in [7, 11) is -1.96. The molecule has 0 amide bonds. The van der Waals surface area contributed by atoms with Crippen LogP contribution >= 0.6 is 0 Å². The monoisotopic (exact) mass is 486 g/mol. The first-order valence-electron chi connectivity index (χ1n) is 12.3. The van der Waals surface area contributed by atoms with E-state index in [0.717, 1.165) is 31.4 Å². The third-order valence-electron chi connectivity index (χ3n) is 6.90. The molecule has 6 heteroatoms. The van der Waals surface area contributed by atoms with E-state index in [0.29, 0.717) is 13.0 Å². The summed E-state index contributed by atoms with van der Waals surface area (Å²) in [6, 6.07) is 9.85. The zero-order valence-corrected chi connectivity index (χ0v) is 22.4. The van der Waals surface area contributed by atoms with Crippen LogP contribution in [0.3, 0.4) is 0 Å². The second kappa shape index (κ2) is 13.1. The van der Waals surface area contributed by atoms with E-state index < -0.39 is 14.3 Å². The SMILES string of the molecule is CC(C)(C)[Si](C)(C)O[C@H](CCC1=CC[C@H](O)[C@@H]1CCC=C=CCC(=O)O)COc1ccccc1. The summed E-state index contributed by atoms with van der Waals surface area (Å²) in [6.07, 6.45) is 9.18. The summed E-state index contributed by atoms with van der Waals surface area (Å²) in [4.78, 5) is 10.6. The second-order valence-electron chi connectivity index (χ2n) is 10.6. The third-order valence-corrected chi connectivity index (χ3v) is 11.4. The molecule has 0 fully saturated rings. The molecule has 2 N–H and O–H groups in total. The predicted molar refractivity (Wildman–Crippen MR) is 140 cm³/mol. The molecule has 0 heterocycles. The molecule has 0 saturated carbocycles. The number of carbonyl (C=O) groups is 1. The van der Waals surface area contributed by atoms with Crippen molar-refractivity contribution < 1.29 is 24.2 Å². The number of rotatable bonds is 13. The molecule has 0 spiro atoms. The molecular formula is C28H42O5Si. The molecule has 0 saturated heterocycles. The number of carboxylic acid groups (broad SMARTS) is 1. The number of benzene rings is 1. The van der Waals surface area contributed by atoms with E-state index in [4.69, 9.17) is 14.3 Å². The fourth-order valence-corrected chi connectivity index (χ4v) is 5.25. The van der Waals surface area contributed by atoms with Crippen LogP contribution in [0.5, 0.6) is 5.75 Å². The van der Waals surface area contributed by atoms with E-state index >= 15 is 0 Å². The second-order valence-corrected chi connectivity index (χ2v) is 15.4. The molecule has 188 valence electrons. The molecule has 1 aliphatic rings. The van der Waals surface area contributed by atoms with Crippen molar-refractivity contribution >= 4 is 14.3 Å². The quantitative estimate of drug-likeness (QED) is 0.189. The van der Waals surface area contributed by atoms with Gasteiger partial charge in [0.2, 0.25) is 0 Å². The summed E-state index contributed by atoms with van der Waals surface area (Å²) in [5, 5.41) is 19.3. The van der Waals surface area contributed by atoms with E-state index in [2.05, 4.69) is 45.7 Å². The van der Waals surface area contributed by atoms with Crippen molar-refractivity contribution in [2.24, 2.45) is 5.92 Å². The maximum atomic E-state index is 10.6. The lowest BCUT2D eigenvalue weighted by atomic mass is 9.90. The van der Waals surface area contributed by atoms with Crippen LogP contribution in [0.2, 0.25) is 18.1 Å². The maximum Gasteiger partial charge on any atom is 0.307 e. The summed E-state index contributed by atoms with van der Waals surface area (Å²) in [6.45, 7) is 11.8. The van der Waals surface area contributed by atoms with Gasteiger partial charge in [-0.15, -0.1) is 5.73 Å². The third kappa shape index (κ3) is 9.26. The predicted octanol–water partition coefficient (Wildman–Crippen LogP) is 6.51. The minimum absolute atomic E-state index is 0.0146. The Morgan fingerprint density at radius 3 is 2.59 bits per heavy atom. The smallest absolute Gasteiger partial charge is 0.307 e. The van der Waals surface area contributed by atoms with Crippen molar-refractivity contribution in [3.63, 3.8) is 0 Å². The van der Waals surface area contributed by atoms with E-state index in [1.54, 1.807) is 0 Å². The number of para-hydroxylation sites is 1. The van der Waals surface area contributed by atoms with Gasteiger partial charge in [-0.2, -0.15) is 0 Å². The van der Waals surface area contributed by atoms with Gasteiger partial charge in [-0.1, -0.05) is 50.6 Å². The molecule has 0 radical (unpaired) electrons. The highest BCUT2D eigenvalue weighted by molar-refractivity contribution is 6.74. The van der Waals surface area contributed by atoms with Gasteiger partial charge >= 0.3 is 5.97 Å². The highest BCUT2D eigenvalue weighted by atomic mass is 28.4. The van der Waals surface area contributed by atoms with E-state index in [1.807, 2.05) is 36.4 Å². The number of ether oxygens (including phenoxy) is 1. The van der Waals surface area contributed by atoms with Crippen LogP contribution in [0.1, 0.15) is 59.3 Å². The van der Waals surface area contributed by atoms with Gasteiger partial charge in [0.25, 0.3) is 0 Å². The van der Waals surface area contributed by atoms with Gasteiger partial charge in [-0.3, -0.25) is 4.79 Å². The van der Waals surface area contributed by atoms with Crippen LogP contribution in [0, 0.1) is 5.92 Å². The average Bonchev–Trinajstić information content (AvgIpc) is 3.11. The summed E-state index contributed by atoms with van der Waals surface area (Å²) in [5.41, 5.74) is 4.22. The highest BCUT2D eigenvalue weighted by Crippen LogP contribution is 2.39. The minimum Gasteiger partial charge on any atom is -0.491 e. The molecule has 0 aromatic heterocycles. The number of aliphatic hydroxyl groups is 1. The molecule has 5 nitrogen and oxygen atoms in total. The van der Waals surface area contributed by atoms with Crippen molar-refractivity contribution in [1.29, 1.82) is 0 Å². The fourth-order valence-electron chi connectivity index (χ4n) is 3.88. The van der Waals surface area contributed by atoms with Gasteiger partial charge in [-0.25, -0.2) is 0 Å². The molecule has 2 rings (SSSR count). The first-order chi connectivity index (χ1) is 16.0. The van der Waals surface area contributed by atoms with Gasteiger partial charge in [0.1, 0.15) is 12.4 Å². The van der Waals surface area contributed by atoms with Gasteiger partial charge in [-0.05, 0) is 74.5 Å². The highest BCUT2D eigenvalue weighted by Gasteiger charge is 2.39. The number of carboxylic acids is 1. The summed E-state index contributed by atoms with van der Waals surface area (Å²) in [5.74, 6) is 0.117. The fraction of sp³-hybridized carbons (Fsp3) is 0.571. The lowest BCUT2D eigenvalue weighted by Crippen LogP contribution is -2.45. The first-order valence-corrected chi connectivity index (χ1v) is 15.2. The Balaban J connectivity index is 1.99. The summed E-state index contributed by atoms with van der Waals surface area (Å²) < 4.78 is 12.8. The van der Waals surface area contributed by atoms with Gasteiger partial charge in [0.05, 0.1) is 18.6 Å². The van der Waals surface area contributed by atoms with Crippen LogP contribution in [-0.2, 0) is 9.22 Å². The first kappa shape index (κ1) is 28.1. The van der Waals surface area contributed by atoms with Gasteiger partial charge < -0.3 is 19.4 Å². The molecule has 1 aromatic rings. The van der Waals surface area contributed by atoms with Gasteiger partial charge in [0.15, 0.2) is 8.32 Å². The molecule has 0 unspecified atom stereocenters. The molecule has 34 heavy (non-hydrogen) atoms. The van der Waals surface area contributed by atoms with Crippen LogP contribution in [0.25, 0.3) is 0 Å². The molecule has 3 atom stereocenters. The minimum atomic E-state index is -1.96. The topological polar surface area (TPSA) is 76.0 Å². The Hall–Kier alpha value is -2.11. The van der Waals surface area contributed by atoms with E-state index in [9.17, 15) is 9.90 Å². The number of hydrogen-bond acceptors (Lipinski definition) is 4. The van der Waals surface area contributed by atoms with Crippen LogP contribution in [-0.4, -0.2) is 43.3 Å². The Labute approximate surface area is 206 Å². The molecule has 0 aliphatic heterocycles. The molecule has 1 aromatic carbocycles. The van der Waals surface area contributed by atoms with Gasteiger partial charge in [0, 0.05) is 5.92 Å². The Kier molecular flexibility index (Phi) is 10.8. The Morgan fingerprint density at radius 1 is 1.24 bits per heavy atom. The average molecular weight is 487 g/mol. The van der Waals surface area contributed by atoms with Crippen molar-refractivity contribution in [1.82, 2.24) is 0 Å². The lowest BCUT2D eigenvalue weighted by molar-refractivity contribution is -0.136. The zero-order valence-electron chi connectivity index (χ0n) is 21.4. The molecule has 0 bridgehead atoms. The number of aliphatic carboxylic acids is 1. The van der Waals surface area contributed by atoms with Crippen molar-refractivity contribution in [3.05, 3.63) is 59.9 Å². The van der Waals surface area contributed by atoms with E-state index in [1.165, 1.54) is 11.6 Å². The number of aliphatic hydroxyl groups excluding tert-OH is 1. The van der Waals surface area contributed by atoms with Crippen LogP contribution in [0.4, 0.5) is 0 Å². The number of hydrogen-bond donors (Lipinski definition) is 2. The van der Waals surface area contributed by atoms with Crippen molar-refractivity contribution in [3.8, 4) is 5.75 Å². The largest absolute Gasteiger partial charge is 0.491 e. The lowest BCUT2D eigenvalue weighted by Gasteiger charge is -2.39. The maximum absolute atomic E-state index is 10.6. The van der Waals surface area contributed by atoms with Crippen molar-refractivity contribution in [2.75, 3.05) is 6.61 Å². The van der Waals surface area contributed by atoms with Crippen LogP contribution < -0.4 is 4.74 Å². The van der Waals surface area contributed by atoms with Crippen LogP contribution in [0.15, 0.2) is 59.9 Å².